The first kappa shape index (κ1) is 10.2. The van der Waals surface area contributed by atoms with Gasteiger partial charge < -0.3 is 15.2 Å². The Balaban J connectivity index is 2.16. The molecule has 2 aliphatic rings. The molecule has 0 radical (unpaired) electrons. The van der Waals surface area contributed by atoms with Crippen molar-refractivity contribution in [1.82, 2.24) is 0 Å². The maximum Gasteiger partial charge on any atom is 0.231 e. The maximum absolute atomic E-state index is 14.0. The molecule has 0 saturated heterocycles. The first-order valence-corrected chi connectivity index (χ1v) is 5.56. The van der Waals surface area contributed by atoms with Crippen LogP contribution in [-0.4, -0.2) is 6.79 Å². The summed E-state index contributed by atoms with van der Waals surface area (Å²) in [6.07, 6.45) is 2.57. The van der Waals surface area contributed by atoms with Crippen LogP contribution in [0, 0.1) is 5.82 Å². The van der Waals surface area contributed by atoms with E-state index in [1.807, 2.05) is 0 Å². The number of hydrogen-bond acceptors (Lipinski definition) is 3. The topological polar surface area (TPSA) is 44.5 Å². The molecule has 1 fully saturated rings. The summed E-state index contributed by atoms with van der Waals surface area (Å²) in [6, 6.07) is 1.61. The molecule has 0 bridgehead atoms. The molecule has 1 aromatic rings. The molecule has 1 heterocycles. The third-order valence-electron chi connectivity index (χ3n) is 3.33. The largest absolute Gasteiger partial charge is 0.454 e. The summed E-state index contributed by atoms with van der Waals surface area (Å²) in [5, 5.41) is -0.0262. The molecule has 5 heteroatoms. The molecular weight excluding hydrogens is 233 g/mol. The van der Waals surface area contributed by atoms with Crippen molar-refractivity contribution in [2.75, 3.05) is 6.79 Å². The smallest absolute Gasteiger partial charge is 0.231 e. The van der Waals surface area contributed by atoms with Crippen molar-refractivity contribution in [1.29, 1.82) is 0 Å². The SMILES string of the molecule is NC1(c2cc3c(c(Cl)c2F)OCO3)CCC1. The van der Waals surface area contributed by atoms with Crippen molar-refractivity contribution in [2.45, 2.75) is 24.8 Å². The van der Waals surface area contributed by atoms with Crippen LogP contribution < -0.4 is 15.2 Å². The van der Waals surface area contributed by atoms with Gasteiger partial charge in [0.1, 0.15) is 5.02 Å². The van der Waals surface area contributed by atoms with E-state index in [1.54, 1.807) is 6.07 Å². The van der Waals surface area contributed by atoms with E-state index in [2.05, 4.69) is 0 Å². The maximum atomic E-state index is 14.0. The summed E-state index contributed by atoms with van der Waals surface area (Å²) < 4.78 is 24.3. The molecule has 0 aromatic heterocycles. The summed E-state index contributed by atoms with van der Waals surface area (Å²) in [5.41, 5.74) is 5.94. The molecule has 1 aliphatic heterocycles. The monoisotopic (exact) mass is 243 g/mol. The van der Waals surface area contributed by atoms with Gasteiger partial charge >= 0.3 is 0 Å². The van der Waals surface area contributed by atoms with Crippen LogP contribution in [0.15, 0.2) is 6.07 Å². The minimum Gasteiger partial charge on any atom is -0.454 e. The minimum absolute atomic E-state index is 0.0262. The number of nitrogens with two attached hydrogens (primary N) is 1. The molecule has 0 spiro atoms. The molecule has 1 aliphatic carbocycles. The summed E-state index contributed by atoms with van der Waals surface area (Å²) in [4.78, 5) is 0. The van der Waals surface area contributed by atoms with Gasteiger partial charge in [0.25, 0.3) is 0 Å². The molecule has 3 nitrogen and oxygen atoms in total. The quantitative estimate of drug-likeness (QED) is 0.824. The van der Waals surface area contributed by atoms with E-state index in [0.29, 0.717) is 11.3 Å². The Kier molecular flexibility index (Phi) is 2.06. The van der Waals surface area contributed by atoms with E-state index in [4.69, 9.17) is 26.8 Å². The van der Waals surface area contributed by atoms with Crippen LogP contribution in [0.5, 0.6) is 11.5 Å². The molecule has 86 valence electrons. The summed E-state index contributed by atoms with van der Waals surface area (Å²) >= 11 is 5.90. The summed E-state index contributed by atoms with van der Waals surface area (Å²) in [5.74, 6) is 0.289. The van der Waals surface area contributed by atoms with E-state index in [-0.39, 0.29) is 17.6 Å². The molecule has 0 unspecified atom stereocenters. The predicted octanol–water partition coefficient (Wildman–Crippen LogP) is 2.55. The highest BCUT2D eigenvalue weighted by Crippen LogP contribution is 2.48. The predicted molar refractivity (Wildman–Crippen MR) is 57.2 cm³/mol. The van der Waals surface area contributed by atoms with Crippen molar-refractivity contribution < 1.29 is 13.9 Å². The van der Waals surface area contributed by atoms with Crippen LogP contribution in [0.2, 0.25) is 5.02 Å². The standard InChI is InChI=1S/C11H11ClFNO2/c12-8-9(13)6(11(14)2-1-3-11)4-7-10(8)16-5-15-7/h4H,1-3,5,14H2. The molecule has 0 amide bonds. The zero-order chi connectivity index (χ0) is 11.3. The van der Waals surface area contributed by atoms with Crippen LogP contribution in [0.3, 0.4) is 0 Å². The van der Waals surface area contributed by atoms with E-state index in [9.17, 15) is 4.39 Å². The number of ether oxygens (including phenoxy) is 2. The number of halogens is 2. The van der Waals surface area contributed by atoms with E-state index < -0.39 is 11.4 Å². The second-order valence-electron chi connectivity index (χ2n) is 4.30. The highest BCUT2D eigenvalue weighted by atomic mass is 35.5. The lowest BCUT2D eigenvalue weighted by Gasteiger charge is -2.38. The van der Waals surface area contributed by atoms with Crippen molar-refractivity contribution in [3.8, 4) is 11.5 Å². The number of rotatable bonds is 1. The third kappa shape index (κ3) is 1.23. The zero-order valence-electron chi connectivity index (χ0n) is 8.56. The molecule has 2 N–H and O–H groups in total. The van der Waals surface area contributed by atoms with Crippen LogP contribution in [0.25, 0.3) is 0 Å². The second kappa shape index (κ2) is 3.25. The van der Waals surface area contributed by atoms with E-state index in [1.165, 1.54) is 0 Å². The van der Waals surface area contributed by atoms with Gasteiger partial charge in [0.05, 0.1) is 0 Å². The van der Waals surface area contributed by atoms with Gasteiger partial charge in [0, 0.05) is 11.1 Å². The van der Waals surface area contributed by atoms with Gasteiger partial charge in [-0.3, -0.25) is 0 Å². The van der Waals surface area contributed by atoms with E-state index in [0.717, 1.165) is 19.3 Å². The Hall–Kier alpha value is -1.00. The van der Waals surface area contributed by atoms with Crippen molar-refractivity contribution in [2.24, 2.45) is 5.73 Å². The van der Waals surface area contributed by atoms with Gasteiger partial charge in [-0.1, -0.05) is 11.6 Å². The lowest BCUT2D eigenvalue weighted by Crippen LogP contribution is -2.44. The van der Waals surface area contributed by atoms with Crippen LogP contribution >= 0.6 is 11.6 Å². The average molecular weight is 244 g/mol. The van der Waals surface area contributed by atoms with Gasteiger partial charge in [-0.2, -0.15) is 0 Å². The third-order valence-corrected chi connectivity index (χ3v) is 3.67. The Morgan fingerprint density at radius 3 is 2.75 bits per heavy atom. The van der Waals surface area contributed by atoms with Crippen LogP contribution in [-0.2, 0) is 5.54 Å². The Morgan fingerprint density at radius 1 is 1.38 bits per heavy atom. The molecule has 16 heavy (non-hydrogen) atoms. The molecule has 3 rings (SSSR count). The fraction of sp³-hybridized carbons (Fsp3) is 0.455. The highest BCUT2D eigenvalue weighted by Gasteiger charge is 2.39. The first-order valence-electron chi connectivity index (χ1n) is 5.19. The van der Waals surface area contributed by atoms with Gasteiger partial charge in [0.15, 0.2) is 17.3 Å². The van der Waals surface area contributed by atoms with Gasteiger partial charge in [-0.25, -0.2) is 4.39 Å². The fourth-order valence-corrected chi connectivity index (χ4v) is 2.42. The van der Waals surface area contributed by atoms with E-state index >= 15 is 0 Å². The zero-order valence-corrected chi connectivity index (χ0v) is 9.31. The second-order valence-corrected chi connectivity index (χ2v) is 4.67. The van der Waals surface area contributed by atoms with Crippen LogP contribution in [0.4, 0.5) is 4.39 Å². The highest BCUT2D eigenvalue weighted by molar-refractivity contribution is 6.32. The Labute approximate surface area is 97.3 Å². The average Bonchev–Trinajstić information content (AvgIpc) is 2.68. The van der Waals surface area contributed by atoms with Gasteiger partial charge in [-0.15, -0.1) is 0 Å². The van der Waals surface area contributed by atoms with Crippen molar-refractivity contribution in [3.63, 3.8) is 0 Å². The molecular formula is C11H11ClFNO2. The number of hydrogen-bond donors (Lipinski definition) is 1. The van der Waals surface area contributed by atoms with Crippen molar-refractivity contribution >= 4 is 11.6 Å². The van der Waals surface area contributed by atoms with Gasteiger partial charge in [-0.05, 0) is 25.3 Å². The first-order chi connectivity index (χ1) is 7.62. The molecule has 0 atom stereocenters. The fourth-order valence-electron chi connectivity index (χ4n) is 2.17. The van der Waals surface area contributed by atoms with Gasteiger partial charge in [0.2, 0.25) is 6.79 Å². The lowest BCUT2D eigenvalue weighted by atomic mass is 9.72. The summed E-state index contributed by atoms with van der Waals surface area (Å²) in [6.45, 7) is 0.0789. The van der Waals surface area contributed by atoms with Crippen LogP contribution in [0.1, 0.15) is 24.8 Å². The normalized spacial score (nSPS) is 20.7. The van der Waals surface area contributed by atoms with Crippen molar-refractivity contribution in [3.05, 3.63) is 22.5 Å². The summed E-state index contributed by atoms with van der Waals surface area (Å²) in [7, 11) is 0. The number of benzene rings is 1. The minimum atomic E-state index is -0.589. The Morgan fingerprint density at radius 2 is 2.12 bits per heavy atom. The molecule has 1 aromatic carbocycles. The Bertz CT molecular complexity index is 460. The lowest BCUT2D eigenvalue weighted by molar-refractivity contribution is 0.173. The number of fused-ring (bicyclic) bond motifs is 1. The molecule has 1 saturated carbocycles.